The third-order valence-corrected chi connectivity index (χ3v) is 5.82. The van der Waals surface area contributed by atoms with Gasteiger partial charge in [-0.1, -0.05) is 28.1 Å². The first kappa shape index (κ1) is 20.5. The number of hydrogen-bond acceptors (Lipinski definition) is 4. The van der Waals surface area contributed by atoms with Crippen molar-refractivity contribution in [1.82, 2.24) is 5.32 Å². The first-order valence-electron chi connectivity index (χ1n) is 9.37. The van der Waals surface area contributed by atoms with Crippen molar-refractivity contribution in [3.05, 3.63) is 52.0 Å². The number of methoxy groups -OCH3 is 3. The normalized spacial score (nSPS) is 14.7. The summed E-state index contributed by atoms with van der Waals surface area (Å²) in [5.74, 6) is 1.80. The molecular weight excluding hydrogens is 422 g/mol. The van der Waals surface area contributed by atoms with Crippen LogP contribution in [0.3, 0.4) is 0 Å². The standard InChI is InChI=1S/C22H26BrNO4/c1-26-18-12-15(13-19(27-2)21(18)28-3)8-9-20(25)24-22(10-5-11-22)16-6-4-7-17(23)14-16/h4,6-7,12-14H,5,8-11H2,1-3H3,(H,24,25). The van der Waals surface area contributed by atoms with E-state index < -0.39 is 0 Å². The molecule has 1 aliphatic carbocycles. The highest BCUT2D eigenvalue weighted by Crippen LogP contribution is 2.42. The molecular formula is C22H26BrNO4. The summed E-state index contributed by atoms with van der Waals surface area (Å²) in [7, 11) is 4.76. The molecule has 0 radical (unpaired) electrons. The second-order valence-electron chi connectivity index (χ2n) is 7.03. The molecule has 0 heterocycles. The van der Waals surface area contributed by atoms with E-state index in [0.29, 0.717) is 30.1 Å². The van der Waals surface area contributed by atoms with Gasteiger partial charge in [-0.15, -0.1) is 0 Å². The van der Waals surface area contributed by atoms with Gasteiger partial charge in [-0.3, -0.25) is 4.79 Å². The van der Waals surface area contributed by atoms with Crippen LogP contribution in [0.25, 0.3) is 0 Å². The maximum absolute atomic E-state index is 12.7. The minimum atomic E-state index is -0.240. The summed E-state index contributed by atoms with van der Waals surface area (Å²) < 4.78 is 17.2. The summed E-state index contributed by atoms with van der Waals surface area (Å²) >= 11 is 3.53. The van der Waals surface area contributed by atoms with E-state index in [4.69, 9.17) is 14.2 Å². The molecule has 6 heteroatoms. The number of nitrogens with one attached hydrogen (secondary N) is 1. The zero-order valence-corrected chi connectivity index (χ0v) is 18.1. The van der Waals surface area contributed by atoms with Crippen molar-refractivity contribution in [1.29, 1.82) is 0 Å². The molecule has 1 N–H and O–H groups in total. The van der Waals surface area contributed by atoms with Gasteiger partial charge in [0.15, 0.2) is 11.5 Å². The second-order valence-corrected chi connectivity index (χ2v) is 7.94. The maximum atomic E-state index is 12.7. The fraction of sp³-hybridized carbons (Fsp3) is 0.409. The third kappa shape index (κ3) is 4.27. The van der Waals surface area contributed by atoms with Crippen molar-refractivity contribution in [3.63, 3.8) is 0 Å². The Kier molecular flexibility index (Phi) is 6.50. The van der Waals surface area contributed by atoms with E-state index in [2.05, 4.69) is 33.4 Å². The van der Waals surface area contributed by atoms with Gasteiger partial charge in [-0.2, -0.15) is 0 Å². The number of hydrogen-bond donors (Lipinski definition) is 1. The molecule has 2 aromatic rings. The number of aryl methyl sites for hydroxylation is 1. The Hall–Kier alpha value is -2.21. The number of benzene rings is 2. The number of amides is 1. The highest BCUT2D eigenvalue weighted by Gasteiger charge is 2.39. The molecule has 0 saturated heterocycles. The molecule has 2 aromatic carbocycles. The monoisotopic (exact) mass is 447 g/mol. The Bertz CT molecular complexity index is 823. The molecule has 0 unspecified atom stereocenters. The molecule has 1 saturated carbocycles. The van der Waals surface area contributed by atoms with Gasteiger partial charge < -0.3 is 19.5 Å². The van der Waals surface area contributed by atoms with Crippen LogP contribution in [-0.4, -0.2) is 27.2 Å². The van der Waals surface area contributed by atoms with Crippen molar-refractivity contribution in [2.24, 2.45) is 0 Å². The van der Waals surface area contributed by atoms with Crippen LogP contribution in [0.5, 0.6) is 17.2 Å². The smallest absolute Gasteiger partial charge is 0.221 e. The highest BCUT2D eigenvalue weighted by atomic mass is 79.9. The van der Waals surface area contributed by atoms with Gasteiger partial charge in [0.05, 0.1) is 26.9 Å². The van der Waals surface area contributed by atoms with Crippen LogP contribution in [0.1, 0.15) is 36.8 Å². The quantitative estimate of drug-likeness (QED) is 0.641. The second kappa shape index (κ2) is 8.86. The summed E-state index contributed by atoms with van der Waals surface area (Å²) in [5, 5.41) is 3.28. The predicted octanol–water partition coefficient (Wildman–Crippen LogP) is 4.60. The molecule has 1 amide bonds. The van der Waals surface area contributed by atoms with Crippen LogP contribution in [0.15, 0.2) is 40.9 Å². The van der Waals surface area contributed by atoms with Gasteiger partial charge >= 0.3 is 0 Å². The van der Waals surface area contributed by atoms with Gasteiger partial charge in [0.25, 0.3) is 0 Å². The van der Waals surface area contributed by atoms with Crippen LogP contribution in [-0.2, 0) is 16.8 Å². The lowest BCUT2D eigenvalue weighted by Gasteiger charge is -2.43. The van der Waals surface area contributed by atoms with E-state index in [1.54, 1.807) is 21.3 Å². The molecule has 0 spiro atoms. The Morgan fingerprint density at radius 2 is 1.75 bits per heavy atom. The van der Waals surface area contributed by atoms with Crippen molar-refractivity contribution in [2.45, 2.75) is 37.6 Å². The minimum Gasteiger partial charge on any atom is -0.493 e. The average molecular weight is 448 g/mol. The van der Waals surface area contributed by atoms with Gasteiger partial charge in [-0.05, 0) is 61.1 Å². The Labute approximate surface area is 174 Å². The Morgan fingerprint density at radius 3 is 2.25 bits per heavy atom. The maximum Gasteiger partial charge on any atom is 0.221 e. The first-order valence-corrected chi connectivity index (χ1v) is 10.2. The molecule has 1 aliphatic rings. The lowest BCUT2D eigenvalue weighted by Crippen LogP contribution is -2.50. The zero-order valence-electron chi connectivity index (χ0n) is 16.5. The van der Waals surface area contributed by atoms with Crippen molar-refractivity contribution in [2.75, 3.05) is 21.3 Å². The van der Waals surface area contributed by atoms with E-state index in [-0.39, 0.29) is 11.4 Å². The average Bonchev–Trinajstić information content (AvgIpc) is 2.68. The molecule has 0 aromatic heterocycles. The van der Waals surface area contributed by atoms with E-state index in [1.807, 2.05) is 24.3 Å². The number of halogens is 1. The van der Waals surface area contributed by atoms with Gasteiger partial charge in [-0.25, -0.2) is 0 Å². The largest absolute Gasteiger partial charge is 0.493 e. The lowest BCUT2D eigenvalue weighted by molar-refractivity contribution is -0.124. The Balaban J connectivity index is 1.69. The van der Waals surface area contributed by atoms with Crippen LogP contribution in [0.4, 0.5) is 0 Å². The van der Waals surface area contributed by atoms with Gasteiger partial charge in [0.1, 0.15) is 0 Å². The first-order chi connectivity index (χ1) is 13.5. The predicted molar refractivity (Wildman–Crippen MR) is 112 cm³/mol. The molecule has 28 heavy (non-hydrogen) atoms. The van der Waals surface area contributed by atoms with Gasteiger partial charge in [0, 0.05) is 10.9 Å². The number of ether oxygens (including phenoxy) is 3. The molecule has 150 valence electrons. The molecule has 1 fully saturated rings. The van der Waals surface area contributed by atoms with Crippen LogP contribution < -0.4 is 19.5 Å². The van der Waals surface area contributed by atoms with Crippen molar-refractivity contribution in [3.8, 4) is 17.2 Å². The van der Waals surface area contributed by atoms with E-state index in [0.717, 1.165) is 34.9 Å². The van der Waals surface area contributed by atoms with Gasteiger partial charge in [0.2, 0.25) is 11.7 Å². The fourth-order valence-corrected chi connectivity index (χ4v) is 4.07. The van der Waals surface area contributed by atoms with Crippen molar-refractivity contribution < 1.29 is 19.0 Å². The minimum absolute atomic E-state index is 0.0495. The number of carbonyl (C=O) groups excluding carboxylic acids is 1. The molecule has 0 atom stereocenters. The zero-order chi connectivity index (χ0) is 20.1. The third-order valence-electron chi connectivity index (χ3n) is 5.33. The fourth-order valence-electron chi connectivity index (χ4n) is 3.67. The lowest BCUT2D eigenvalue weighted by atomic mass is 9.71. The summed E-state index contributed by atoms with van der Waals surface area (Å²) in [6.45, 7) is 0. The molecule has 3 rings (SSSR count). The topological polar surface area (TPSA) is 56.8 Å². The highest BCUT2D eigenvalue weighted by molar-refractivity contribution is 9.10. The SMILES string of the molecule is COc1cc(CCC(=O)NC2(c3cccc(Br)c3)CCC2)cc(OC)c1OC. The number of rotatable bonds is 8. The van der Waals surface area contributed by atoms with Crippen LogP contribution >= 0.6 is 15.9 Å². The summed E-state index contributed by atoms with van der Waals surface area (Å²) in [4.78, 5) is 12.7. The Morgan fingerprint density at radius 1 is 1.07 bits per heavy atom. The summed E-state index contributed by atoms with van der Waals surface area (Å²) in [6.07, 6.45) is 4.06. The van der Waals surface area contributed by atoms with Crippen molar-refractivity contribution >= 4 is 21.8 Å². The molecule has 5 nitrogen and oxygen atoms in total. The van der Waals surface area contributed by atoms with Crippen LogP contribution in [0, 0.1) is 0 Å². The van der Waals surface area contributed by atoms with E-state index >= 15 is 0 Å². The molecule has 0 aliphatic heterocycles. The summed E-state index contributed by atoms with van der Waals surface area (Å²) in [5.41, 5.74) is 1.89. The van der Waals surface area contributed by atoms with E-state index in [1.165, 1.54) is 0 Å². The van der Waals surface area contributed by atoms with Crippen LogP contribution in [0.2, 0.25) is 0 Å². The summed E-state index contributed by atoms with van der Waals surface area (Å²) in [6, 6.07) is 12.0. The van der Waals surface area contributed by atoms with E-state index in [9.17, 15) is 4.79 Å². The molecule has 0 bridgehead atoms. The number of carbonyl (C=O) groups is 1.